The zero-order valence-corrected chi connectivity index (χ0v) is 21.4. The van der Waals surface area contributed by atoms with E-state index in [4.69, 9.17) is 4.74 Å². The van der Waals surface area contributed by atoms with Crippen LogP contribution in [0.3, 0.4) is 0 Å². The standard InChI is InChI=1S/C29H29N3O3S/c1-4-35-23-11-6-5-10-20(23)27-26(29(34)32-25-13-7-9-17(2)30-25)18(3)31-21-15-19(16-22(33)28(21)27)24-12-8-14-36-24/h5-14,19,27,31H,4,15-16H2,1-3H3,(H,30,32,34). The van der Waals surface area contributed by atoms with Gasteiger partial charge in [-0.25, -0.2) is 4.98 Å². The molecule has 3 aromatic rings. The number of ketones is 1. The first kappa shape index (κ1) is 24.0. The minimum atomic E-state index is -0.536. The lowest BCUT2D eigenvalue weighted by Crippen LogP contribution is -2.37. The van der Waals surface area contributed by atoms with E-state index in [1.807, 2.05) is 68.6 Å². The molecule has 0 saturated carbocycles. The number of benzene rings is 1. The molecule has 3 heterocycles. The van der Waals surface area contributed by atoms with Crippen LogP contribution in [-0.4, -0.2) is 23.3 Å². The molecule has 0 spiro atoms. The molecule has 184 valence electrons. The SMILES string of the molecule is CCOc1ccccc1C1C(C(=O)Nc2cccc(C)n2)=C(C)NC2=C1C(=O)CC(c1cccs1)C2. The Kier molecular flexibility index (Phi) is 6.74. The molecule has 5 rings (SSSR count). The van der Waals surface area contributed by atoms with Crippen LogP contribution in [0.1, 0.15) is 54.7 Å². The molecular weight excluding hydrogens is 470 g/mol. The van der Waals surface area contributed by atoms with Crippen molar-refractivity contribution < 1.29 is 14.3 Å². The summed E-state index contributed by atoms with van der Waals surface area (Å²) in [6.07, 6.45) is 1.14. The molecule has 1 aromatic carbocycles. The summed E-state index contributed by atoms with van der Waals surface area (Å²) in [5.41, 5.74) is 4.41. The number of carbonyl (C=O) groups excluding carboxylic acids is 2. The van der Waals surface area contributed by atoms with Gasteiger partial charge in [0.2, 0.25) is 0 Å². The van der Waals surface area contributed by atoms with Crippen molar-refractivity contribution in [3.63, 3.8) is 0 Å². The molecule has 1 amide bonds. The number of anilines is 1. The van der Waals surface area contributed by atoms with Crippen LogP contribution < -0.4 is 15.4 Å². The number of thiophene rings is 1. The van der Waals surface area contributed by atoms with Gasteiger partial charge in [0.25, 0.3) is 5.91 Å². The Hall–Kier alpha value is -3.71. The third kappa shape index (κ3) is 4.58. The number of aryl methyl sites for hydroxylation is 1. The van der Waals surface area contributed by atoms with Crippen LogP contribution in [0.25, 0.3) is 0 Å². The van der Waals surface area contributed by atoms with Crippen molar-refractivity contribution in [3.8, 4) is 5.75 Å². The van der Waals surface area contributed by atoms with Crippen LogP contribution in [0.4, 0.5) is 5.82 Å². The number of nitrogens with one attached hydrogen (secondary N) is 2. The number of pyridine rings is 1. The van der Waals surface area contributed by atoms with E-state index >= 15 is 0 Å². The molecule has 6 nitrogen and oxygen atoms in total. The smallest absolute Gasteiger partial charge is 0.255 e. The third-order valence-electron chi connectivity index (χ3n) is 6.68. The fourth-order valence-corrected chi connectivity index (χ4v) is 6.01. The quantitative estimate of drug-likeness (QED) is 0.445. The third-order valence-corrected chi connectivity index (χ3v) is 7.71. The number of amides is 1. The zero-order valence-electron chi connectivity index (χ0n) is 20.6. The second-order valence-electron chi connectivity index (χ2n) is 9.12. The summed E-state index contributed by atoms with van der Waals surface area (Å²) in [5.74, 6) is 0.527. The zero-order chi connectivity index (χ0) is 25.2. The summed E-state index contributed by atoms with van der Waals surface area (Å²) in [6, 6.07) is 17.3. The lowest BCUT2D eigenvalue weighted by atomic mass is 9.72. The minimum absolute atomic E-state index is 0.0601. The van der Waals surface area contributed by atoms with E-state index in [1.54, 1.807) is 17.4 Å². The van der Waals surface area contributed by atoms with Crippen LogP contribution in [0, 0.1) is 6.92 Å². The van der Waals surface area contributed by atoms with Gasteiger partial charge >= 0.3 is 0 Å². The van der Waals surface area contributed by atoms with E-state index in [9.17, 15) is 9.59 Å². The van der Waals surface area contributed by atoms with Crippen LogP contribution >= 0.6 is 11.3 Å². The van der Waals surface area contributed by atoms with Crippen LogP contribution in [0.5, 0.6) is 5.75 Å². The molecule has 0 saturated heterocycles. The Morgan fingerprint density at radius 3 is 2.69 bits per heavy atom. The Morgan fingerprint density at radius 2 is 1.94 bits per heavy atom. The predicted molar refractivity (Wildman–Crippen MR) is 142 cm³/mol. The number of carbonyl (C=O) groups is 2. The molecule has 7 heteroatoms. The van der Waals surface area contributed by atoms with E-state index < -0.39 is 5.92 Å². The van der Waals surface area contributed by atoms with Gasteiger partial charge < -0.3 is 15.4 Å². The Balaban J connectivity index is 1.60. The first-order valence-electron chi connectivity index (χ1n) is 12.2. The van der Waals surface area contributed by atoms with Crippen LogP contribution in [0.2, 0.25) is 0 Å². The van der Waals surface area contributed by atoms with Gasteiger partial charge in [-0.05, 0) is 56.8 Å². The number of hydrogen-bond acceptors (Lipinski definition) is 6. The van der Waals surface area contributed by atoms with Crippen molar-refractivity contribution in [2.75, 3.05) is 11.9 Å². The van der Waals surface area contributed by atoms with Gasteiger partial charge in [-0.1, -0.05) is 30.3 Å². The normalized spacial score (nSPS) is 19.6. The Morgan fingerprint density at radius 1 is 1.11 bits per heavy atom. The molecular formula is C29H29N3O3S. The summed E-state index contributed by atoms with van der Waals surface area (Å²) >= 11 is 1.68. The minimum Gasteiger partial charge on any atom is -0.494 e. The highest BCUT2D eigenvalue weighted by Crippen LogP contribution is 2.48. The molecule has 0 fully saturated rings. The number of nitrogens with zero attached hydrogens (tertiary/aromatic N) is 1. The van der Waals surface area contributed by atoms with Gasteiger partial charge in [-0.3, -0.25) is 9.59 Å². The Bertz CT molecular complexity index is 1370. The molecule has 0 radical (unpaired) electrons. The predicted octanol–water partition coefficient (Wildman–Crippen LogP) is 5.85. The number of aromatic nitrogens is 1. The lowest BCUT2D eigenvalue weighted by molar-refractivity contribution is -0.116. The number of dihydropyridines is 1. The second kappa shape index (κ2) is 10.1. The summed E-state index contributed by atoms with van der Waals surface area (Å²) < 4.78 is 5.96. The van der Waals surface area contributed by atoms with Crippen LogP contribution in [-0.2, 0) is 9.59 Å². The van der Waals surface area contributed by atoms with E-state index in [1.165, 1.54) is 4.88 Å². The molecule has 2 unspecified atom stereocenters. The largest absolute Gasteiger partial charge is 0.494 e. The van der Waals surface area contributed by atoms with E-state index in [2.05, 4.69) is 21.7 Å². The van der Waals surface area contributed by atoms with Crippen LogP contribution in [0.15, 0.2) is 82.5 Å². The molecule has 2 atom stereocenters. The first-order valence-corrected chi connectivity index (χ1v) is 13.1. The number of rotatable bonds is 6. The number of para-hydroxylation sites is 1. The van der Waals surface area contributed by atoms with Gasteiger partial charge in [-0.15, -0.1) is 11.3 Å². The fraction of sp³-hybridized carbons (Fsp3) is 0.276. The molecule has 2 N–H and O–H groups in total. The van der Waals surface area contributed by atoms with Gasteiger partial charge in [0.1, 0.15) is 11.6 Å². The maximum absolute atomic E-state index is 13.8. The van der Waals surface area contributed by atoms with Crippen molar-refractivity contribution in [1.82, 2.24) is 10.3 Å². The highest BCUT2D eigenvalue weighted by atomic mass is 32.1. The summed E-state index contributed by atoms with van der Waals surface area (Å²) in [5, 5.41) is 8.44. The average molecular weight is 500 g/mol. The molecule has 1 aliphatic carbocycles. The number of hydrogen-bond donors (Lipinski definition) is 2. The lowest BCUT2D eigenvalue weighted by Gasteiger charge is -2.37. The molecule has 0 bridgehead atoms. The molecule has 36 heavy (non-hydrogen) atoms. The van der Waals surface area contributed by atoms with E-state index in [0.29, 0.717) is 35.7 Å². The number of allylic oxidation sites excluding steroid dienone is 3. The van der Waals surface area contributed by atoms with E-state index in [-0.39, 0.29) is 17.6 Å². The molecule has 2 aliphatic rings. The Labute approximate surface area is 215 Å². The van der Waals surface area contributed by atoms with Crippen molar-refractivity contribution >= 4 is 28.8 Å². The van der Waals surface area contributed by atoms with Gasteiger partial charge in [0.05, 0.1) is 12.5 Å². The van der Waals surface area contributed by atoms with Crippen molar-refractivity contribution in [2.24, 2.45) is 0 Å². The van der Waals surface area contributed by atoms with E-state index in [0.717, 1.165) is 29.1 Å². The fourth-order valence-electron chi connectivity index (χ4n) is 5.18. The highest BCUT2D eigenvalue weighted by molar-refractivity contribution is 7.10. The van der Waals surface area contributed by atoms with Gasteiger partial charge in [-0.2, -0.15) is 0 Å². The molecule has 1 aliphatic heterocycles. The maximum atomic E-state index is 13.8. The highest BCUT2D eigenvalue weighted by Gasteiger charge is 2.42. The second-order valence-corrected chi connectivity index (χ2v) is 10.1. The number of Topliss-reactive ketones (excluding diaryl/α,β-unsaturated/α-hetero) is 1. The molecule has 2 aromatic heterocycles. The monoisotopic (exact) mass is 499 g/mol. The summed E-state index contributed by atoms with van der Waals surface area (Å²) in [4.78, 5) is 33.2. The van der Waals surface area contributed by atoms with Gasteiger partial charge in [0, 0.05) is 51.0 Å². The van der Waals surface area contributed by atoms with Crippen molar-refractivity contribution in [1.29, 1.82) is 0 Å². The summed E-state index contributed by atoms with van der Waals surface area (Å²) in [6.45, 7) is 6.20. The topological polar surface area (TPSA) is 80.3 Å². The first-order chi connectivity index (χ1) is 17.5. The summed E-state index contributed by atoms with van der Waals surface area (Å²) in [7, 11) is 0. The van der Waals surface area contributed by atoms with Crippen molar-refractivity contribution in [2.45, 2.75) is 45.4 Å². The van der Waals surface area contributed by atoms with Crippen molar-refractivity contribution in [3.05, 3.63) is 98.7 Å². The maximum Gasteiger partial charge on any atom is 0.255 e. The average Bonchev–Trinajstić information content (AvgIpc) is 3.39. The van der Waals surface area contributed by atoms with Gasteiger partial charge in [0.15, 0.2) is 5.78 Å². The number of ether oxygens (including phenoxy) is 1.